The number of aromatic amines is 1. The number of aryl methyl sites for hydroxylation is 1. The lowest BCUT2D eigenvalue weighted by Crippen LogP contribution is -2.13. The third kappa shape index (κ3) is 6.28. The summed E-state index contributed by atoms with van der Waals surface area (Å²) in [5.41, 5.74) is 4.14. The SMILES string of the molecule is CCCCCCCCCCCCCCC1CCc2[nH]c3c(Cl)cccc3c2C1. The molecule has 3 rings (SSSR count). The molecule has 156 valence electrons. The van der Waals surface area contributed by atoms with Crippen LogP contribution >= 0.6 is 11.6 Å². The number of unbranched alkanes of at least 4 members (excludes halogenated alkanes) is 11. The van der Waals surface area contributed by atoms with E-state index in [1.807, 2.05) is 6.07 Å². The standard InChI is InChI=1S/C26H40ClN/c1-2-3-4-5-6-7-8-9-10-11-12-13-15-21-18-19-25-23(20-21)22-16-14-17-24(27)26(22)28-25/h14,16-17,21,28H,2-13,15,18-20H2,1H3. The molecule has 28 heavy (non-hydrogen) atoms. The van der Waals surface area contributed by atoms with Crippen LogP contribution in [0.5, 0.6) is 0 Å². The summed E-state index contributed by atoms with van der Waals surface area (Å²) in [4.78, 5) is 3.59. The molecule has 1 aromatic carbocycles. The Morgan fingerprint density at radius 3 is 2.21 bits per heavy atom. The number of hydrogen-bond donors (Lipinski definition) is 1. The average molecular weight is 402 g/mol. The molecule has 1 unspecified atom stereocenters. The van der Waals surface area contributed by atoms with Gasteiger partial charge in [-0.1, -0.05) is 114 Å². The summed E-state index contributed by atoms with van der Waals surface area (Å²) < 4.78 is 0. The number of hydrogen-bond acceptors (Lipinski definition) is 0. The van der Waals surface area contributed by atoms with Gasteiger partial charge in [-0.15, -0.1) is 0 Å². The summed E-state index contributed by atoms with van der Waals surface area (Å²) >= 11 is 6.37. The molecule has 1 aliphatic carbocycles. The maximum atomic E-state index is 6.37. The van der Waals surface area contributed by atoms with Crippen LogP contribution in [0.2, 0.25) is 5.02 Å². The fraction of sp³-hybridized carbons (Fsp3) is 0.692. The molecule has 1 N–H and O–H groups in total. The minimum absolute atomic E-state index is 0.865. The highest BCUT2D eigenvalue weighted by Gasteiger charge is 2.22. The predicted molar refractivity (Wildman–Crippen MR) is 125 cm³/mol. The highest BCUT2D eigenvalue weighted by Crippen LogP contribution is 2.36. The van der Waals surface area contributed by atoms with Gasteiger partial charge >= 0.3 is 0 Å². The van der Waals surface area contributed by atoms with E-state index < -0.39 is 0 Å². The van der Waals surface area contributed by atoms with Gasteiger partial charge in [-0.2, -0.15) is 0 Å². The topological polar surface area (TPSA) is 15.8 Å². The van der Waals surface area contributed by atoms with Crippen LogP contribution in [0.3, 0.4) is 0 Å². The van der Waals surface area contributed by atoms with Crippen molar-refractivity contribution in [2.45, 2.75) is 110 Å². The number of rotatable bonds is 13. The Labute approximate surface area is 177 Å². The molecule has 1 nitrogen and oxygen atoms in total. The zero-order chi connectivity index (χ0) is 19.6. The lowest BCUT2D eigenvalue weighted by Gasteiger charge is -2.22. The van der Waals surface area contributed by atoms with Gasteiger partial charge in [-0.05, 0) is 36.8 Å². The first-order valence-electron chi connectivity index (χ1n) is 12.1. The fourth-order valence-corrected chi connectivity index (χ4v) is 5.22. The number of aromatic nitrogens is 1. The van der Waals surface area contributed by atoms with Crippen LogP contribution < -0.4 is 0 Å². The number of H-pyrrole nitrogens is 1. The van der Waals surface area contributed by atoms with Crippen molar-refractivity contribution >= 4 is 22.5 Å². The van der Waals surface area contributed by atoms with Crippen molar-refractivity contribution in [3.05, 3.63) is 34.5 Å². The van der Waals surface area contributed by atoms with Gasteiger partial charge in [0.25, 0.3) is 0 Å². The van der Waals surface area contributed by atoms with E-state index in [-0.39, 0.29) is 0 Å². The minimum Gasteiger partial charge on any atom is -0.357 e. The van der Waals surface area contributed by atoms with Gasteiger partial charge in [0.2, 0.25) is 0 Å². The normalized spacial score (nSPS) is 16.6. The molecule has 1 aromatic heterocycles. The fourth-order valence-electron chi connectivity index (χ4n) is 5.00. The third-order valence-corrected chi connectivity index (χ3v) is 7.06. The Morgan fingerprint density at radius 1 is 0.893 bits per heavy atom. The summed E-state index contributed by atoms with van der Waals surface area (Å²) in [6.45, 7) is 2.30. The molecule has 0 radical (unpaired) electrons. The Morgan fingerprint density at radius 2 is 1.54 bits per heavy atom. The zero-order valence-electron chi connectivity index (χ0n) is 18.0. The van der Waals surface area contributed by atoms with Gasteiger partial charge < -0.3 is 4.98 Å². The lowest BCUT2D eigenvalue weighted by atomic mass is 9.83. The van der Waals surface area contributed by atoms with Crippen LogP contribution in [0.15, 0.2) is 18.2 Å². The van der Waals surface area contributed by atoms with Crippen molar-refractivity contribution in [1.82, 2.24) is 4.98 Å². The summed E-state index contributed by atoms with van der Waals surface area (Å²) in [5, 5.41) is 2.23. The highest BCUT2D eigenvalue weighted by molar-refractivity contribution is 6.35. The van der Waals surface area contributed by atoms with Crippen LogP contribution in [-0.4, -0.2) is 4.98 Å². The van der Waals surface area contributed by atoms with Crippen LogP contribution in [-0.2, 0) is 12.8 Å². The molecule has 0 bridgehead atoms. The molecular formula is C26H40ClN. The van der Waals surface area contributed by atoms with E-state index in [4.69, 9.17) is 11.6 Å². The smallest absolute Gasteiger partial charge is 0.0648 e. The summed E-state index contributed by atoms with van der Waals surface area (Å²) in [6, 6.07) is 6.33. The van der Waals surface area contributed by atoms with Crippen molar-refractivity contribution in [2.75, 3.05) is 0 Å². The first kappa shape index (κ1) is 21.8. The Hall–Kier alpha value is -0.950. The number of nitrogens with one attached hydrogen (secondary N) is 1. The van der Waals surface area contributed by atoms with Gasteiger partial charge in [0.15, 0.2) is 0 Å². The maximum Gasteiger partial charge on any atom is 0.0648 e. The van der Waals surface area contributed by atoms with Crippen LogP contribution in [0.4, 0.5) is 0 Å². The quantitative estimate of drug-likeness (QED) is 0.322. The van der Waals surface area contributed by atoms with Gasteiger partial charge in [0.05, 0.1) is 10.5 Å². The molecule has 2 heteroatoms. The molecule has 0 saturated carbocycles. The van der Waals surface area contributed by atoms with Crippen LogP contribution in [0.25, 0.3) is 10.9 Å². The molecule has 0 spiro atoms. The molecule has 0 fully saturated rings. The van der Waals surface area contributed by atoms with Crippen LogP contribution in [0, 0.1) is 5.92 Å². The summed E-state index contributed by atoms with van der Waals surface area (Å²) in [6.07, 6.45) is 22.5. The molecule has 1 aliphatic rings. The molecule has 2 aromatic rings. The number of benzene rings is 1. The van der Waals surface area contributed by atoms with E-state index in [2.05, 4.69) is 24.0 Å². The molecule has 1 atom stereocenters. The average Bonchev–Trinajstić information content (AvgIpc) is 3.08. The number of para-hydroxylation sites is 1. The van der Waals surface area contributed by atoms with E-state index in [0.29, 0.717) is 0 Å². The van der Waals surface area contributed by atoms with Gasteiger partial charge in [0, 0.05) is 11.1 Å². The first-order chi connectivity index (χ1) is 13.8. The predicted octanol–water partition coefficient (Wildman–Crippen LogP) is 9.02. The third-order valence-electron chi connectivity index (χ3n) is 6.74. The van der Waals surface area contributed by atoms with Crippen molar-refractivity contribution in [2.24, 2.45) is 5.92 Å². The van der Waals surface area contributed by atoms with Gasteiger partial charge in [-0.25, -0.2) is 0 Å². The Balaban J connectivity index is 1.26. The Kier molecular flexibility index (Phi) is 9.25. The summed E-state index contributed by atoms with van der Waals surface area (Å²) in [7, 11) is 0. The van der Waals surface area contributed by atoms with E-state index in [1.54, 1.807) is 5.56 Å². The second-order valence-electron chi connectivity index (χ2n) is 9.03. The van der Waals surface area contributed by atoms with Crippen molar-refractivity contribution in [3.63, 3.8) is 0 Å². The molecule has 0 aliphatic heterocycles. The first-order valence-corrected chi connectivity index (χ1v) is 12.4. The summed E-state index contributed by atoms with van der Waals surface area (Å²) in [5.74, 6) is 0.869. The Bertz CT molecular complexity index is 702. The monoisotopic (exact) mass is 401 g/mol. The highest BCUT2D eigenvalue weighted by atomic mass is 35.5. The van der Waals surface area contributed by atoms with Gasteiger partial charge in [0.1, 0.15) is 0 Å². The second kappa shape index (κ2) is 11.9. The van der Waals surface area contributed by atoms with Crippen molar-refractivity contribution in [1.29, 1.82) is 0 Å². The largest absolute Gasteiger partial charge is 0.357 e. The van der Waals surface area contributed by atoms with E-state index in [9.17, 15) is 0 Å². The van der Waals surface area contributed by atoms with Crippen molar-refractivity contribution < 1.29 is 0 Å². The van der Waals surface area contributed by atoms with E-state index >= 15 is 0 Å². The van der Waals surface area contributed by atoms with E-state index in [0.717, 1.165) is 16.5 Å². The lowest BCUT2D eigenvalue weighted by molar-refractivity contribution is 0.403. The van der Waals surface area contributed by atoms with E-state index in [1.165, 1.54) is 114 Å². The van der Waals surface area contributed by atoms with Crippen molar-refractivity contribution in [3.8, 4) is 0 Å². The minimum atomic E-state index is 0.865. The second-order valence-corrected chi connectivity index (χ2v) is 9.44. The number of fused-ring (bicyclic) bond motifs is 3. The van der Waals surface area contributed by atoms with Gasteiger partial charge in [-0.3, -0.25) is 0 Å². The molecule has 0 saturated heterocycles. The maximum absolute atomic E-state index is 6.37. The molecular weight excluding hydrogens is 362 g/mol. The zero-order valence-corrected chi connectivity index (χ0v) is 18.8. The number of halogens is 1. The van der Waals surface area contributed by atoms with Crippen LogP contribution in [0.1, 0.15) is 108 Å². The molecule has 1 heterocycles. The molecule has 0 amide bonds.